The number of hydrogen-bond acceptors (Lipinski definition) is 6. The topological polar surface area (TPSA) is 93.6 Å². The van der Waals surface area contributed by atoms with Crippen LogP contribution >= 0.6 is 11.6 Å². The van der Waals surface area contributed by atoms with Crippen molar-refractivity contribution in [2.24, 2.45) is 5.92 Å². The second-order valence-electron chi connectivity index (χ2n) is 8.14. The summed E-state index contributed by atoms with van der Waals surface area (Å²) in [6, 6.07) is 3.74. The highest BCUT2D eigenvalue weighted by atomic mass is 35.5. The van der Waals surface area contributed by atoms with Gasteiger partial charge in [0.05, 0.1) is 6.61 Å². The summed E-state index contributed by atoms with van der Waals surface area (Å²) in [5, 5.41) is 2.89. The van der Waals surface area contributed by atoms with Gasteiger partial charge in [-0.1, -0.05) is 18.5 Å². The summed E-state index contributed by atoms with van der Waals surface area (Å²) in [5.74, 6) is -2.61. The van der Waals surface area contributed by atoms with Gasteiger partial charge in [0.25, 0.3) is 17.4 Å². The zero-order valence-corrected chi connectivity index (χ0v) is 19.5. The van der Waals surface area contributed by atoms with Crippen LogP contribution < -0.4 is 15.0 Å². The van der Waals surface area contributed by atoms with Gasteiger partial charge in [-0.05, 0) is 43.5 Å². The Morgan fingerprint density at radius 1 is 1.23 bits per heavy atom. The Kier molecular flexibility index (Phi) is 8.16. The van der Waals surface area contributed by atoms with Crippen molar-refractivity contribution in [3.63, 3.8) is 0 Å². The summed E-state index contributed by atoms with van der Waals surface area (Å²) in [4.78, 5) is 35.3. The third-order valence-electron chi connectivity index (χ3n) is 5.70. The monoisotopic (exact) mass is 518 g/mol. The average Bonchev–Trinajstić information content (AvgIpc) is 2.81. The Hall–Kier alpha value is -2.99. The van der Waals surface area contributed by atoms with E-state index in [9.17, 15) is 27.2 Å². The predicted molar refractivity (Wildman–Crippen MR) is 117 cm³/mol. The molecule has 0 aliphatic carbocycles. The van der Waals surface area contributed by atoms with Gasteiger partial charge in [-0.15, -0.1) is 13.2 Å². The highest BCUT2D eigenvalue weighted by Gasteiger charge is 2.48. The lowest BCUT2D eigenvalue weighted by Crippen LogP contribution is -2.61. The number of nitrogens with zero attached hydrogens (tertiary/aromatic N) is 3. The van der Waals surface area contributed by atoms with E-state index in [0.717, 1.165) is 29.2 Å². The molecule has 2 heterocycles. The highest BCUT2D eigenvalue weighted by molar-refractivity contribution is 6.32. The molecule has 0 saturated carbocycles. The van der Waals surface area contributed by atoms with E-state index in [0.29, 0.717) is 19.6 Å². The van der Waals surface area contributed by atoms with Crippen molar-refractivity contribution >= 4 is 29.1 Å². The average molecular weight is 519 g/mol. The quantitative estimate of drug-likeness (QED) is 0.444. The summed E-state index contributed by atoms with van der Waals surface area (Å²) < 4.78 is 61.2. The molecule has 2 amide bonds. The molecule has 13 heteroatoms. The number of nitrogens with one attached hydrogen (secondary N) is 1. The van der Waals surface area contributed by atoms with Gasteiger partial charge in [-0.2, -0.15) is 0 Å². The molecule has 0 radical (unpaired) electrons. The number of rotatable bonds is 7. The Morgan fingerprint density at radius 3 is 2.40 bits per heavy atom. The third-order valence-corrected chi connectivity index (χ3v) is 5.89. The Bertz CT molecular complexity index is 1030. The second kappa shape index (κ2) is 10.7. The Morgan fingerprint density at radius 2 is 1.86 bits per heavy atom. The molecule has 2 aromatic rings. The van der Waals surface area contributed by atoms with Crippen molar-refractivity contribution in [3.8, 4) is 5.75 Å². The molecule has 1 fully saturated rings. The summed E-state index contributed by atoms with van der Waals surface area (Å²) in [5.41, 5.74) is -4.46. The van der Waals surface area contributed by atoms with Crippen LogP contribution in [0.1, 0.15) is 25.8 Å². The van der Waals surface area contributed by atoms with E-state index in [1.165, 1.54) is 25.6 Å². The molecule has 0 bridgehead atoms. The molecule has 1 saturated heterocycles. The lowest BCUT2D eigenvalue weighted by atomic mass is 9.88. The van der Waals surface area contributed by atoms with Gasteiger partial charge in [-0.3, -0.25) is 14.5 Å². The number of halogens is 5. The lowest BCUT2D eigenvalue weighted by Gasteiger charge is -2.42. The number of amides is 2. The minimum Gasteiger partial charge on any atom is -0.406 e. The summed E-state index contributed by atoms with van der Waals surface area (Å²) in [7, 11) is 0. The molecule has 1 N–H and O–H groups in total. The van der Waals surface area contributed by atoms with Gasteiger partial charge < -0.3 is 14.8 Å². The number of hydrogen-bond donors (Lipinski definition) is 1. The molecule has 8 nitrogen and oxygen atoms in total. The first-order chi connectivity index (χ1) is 16.4. The van der Waals surface area contributed by atoms with E-state index in [1.54, 1.807) is 0 Å². The minimum absolute atomic E-state index is 0.0473. The molecule has 0 spiro atoms. The number of aromatic nitrogens is 2. The molecule has 0 unspecified atom stereocenters. The highest BCUT2D eigenvalue weighted by Crippen LogP contribution is 2.36. The van der Waals surface area contributed by atoms with Crippen molar-refractivity contribution in [2.45, 2.75) is 43.8 Å². The van der Waals surface area contributed by atoms with Crippen LogP contribution in [-0.2, 0) is 19.9 Å². The Labute approximate surface area is 203 Å². The number of anilines is 1. The predicted octanol–water partition coefficient (Wildman–Crippen LogP) is 3.70. The first-order valence-corrected chi connectivity index (χ1v) is 11.0. The number of alkyl halides is 5. The molecule has 1 aromatic carbocycles. The fraction of sp³-hybridized carbons (Fsp3) is 0.455. The fourth-order valence-corrected chi connectivity index (χ4v) is 3.91. The van der Waals surface area contributed by atoms with Gasteiger partial charge in [-0.25, -0.2) is 14.4 Å². The van der Waals surface area contributed by atoms with Crippen LogP contribution in [-0.4, -0.2) is 53.0 Å². The van der Waals surface area contributed by atoms with E-state index in [-0.39, 0.29) is 23.2 Å². The summed E-state index contributed by atoms with van der Waals surface area (Å²) >= 11 is 5.49. The van der Waals surface area contributed by atoms with Crippen molar-refractivity contribution < 1.29 is 36.6 Å². The zero-order valence-electron chi connectivity index (χ0n) is 18.8. The SMILES string of the molecule is C[C@H]1COCC[C@@H]1NC(=O)[C@@](C)(c1cncnc1)N(C(=O)[C@H](F)Cl)c1ccc(OC(F)(F)F)cc1. The number of carbonyl (C=O) groups is 2. The van der Waals surface area contributed by atoms with Crippen LogP contribution in [0.5, 0.6) is 5.75 Å². The minimum atomic E-state index is -4.94. The molecule has 190 valence electrons. The molecular formula is C22H23ClF4N4O4. The van der Waals surface area contributed by atoms with Crippen LogP contribution in [0.3, 0.4) is 0 Å². The Balaban J connectivity index is 2.08. The van der Waals surface area contributed by atoms with Crippen molar-refractivity contribution in [1.29, 1.82) is 0 Å². The van der Waals surface area contributed by atoms with Crippen molar-refractivity contribution in [1.82, 2.24) is 15.3 Å². The van der Waals surface area contributed by atoms with Crippen LogP contribution in [0.4, 0.5) is 23.2 Å². The summed E-state index contributed by atoms with van der Waals surface area (Å²) in [6.45, 7) is 4.06. The molecule has 1 aliphatic heterocycles. The normalized spacial score (nSPS) is 20.9. The largest absolute Gasteiger partial charge is 0.573 e. The van der Waals surface area contributed by atoms with Crippen molar-refractivity contribution in [3.05, 3.63) is 48.5 Å². The first kappa shape index (κ1) is 26.6. The molecular weight excluding hydrogens is 496 g/mol. The van der Waals surface area contributed by atoms with Gasteiger partial charge >= 0.3 is 6.36 Å². The van der Waals surface area contributed by atoms with Gasteiger partial charge in [0.2, 0.25) is 0 Å². The standard InChI is InChI=1S/C22H23ClF4N4O4/c1-13-11-34-8-7-17(13)30-20(33)21(2,14-9-28-12-29-10-14)31(19(32)18(23)24)15-3-5-16(6-4-15)35-22(25,26)27/h3-6,9-10,12-13,17-18H,7-8,11H2,1-2H3,(H,30,33)/t13-,17-,18-,21+/m0/s1. The van der Waals surface area contributed by atoms with Crippen molar-refractivity contribution in [2.75, 3.05) is 18.1 Å². The van der Waals surface area contributed by atoms with Gasteiger partial charge in [0.15, 0.2) is 5.54 Å². The number of ether oxygens (including phenoxy) is 2. The summed E-state index contributed by atoms with van der Waals surface area (Å²) in [6.07, 6.45) is -0.663. The maximum Gasteiger partial charge on any atom is 0.573 e. The number of carbonyl (C=O) groups excluding carboxylic acids is 2. The van der Waals surface area contributed by atoms with Gasteiger partial charge in [0, 0.05) is 36.3 Å². The van der Waals surface area contributed by atoms with E-state index in [1.807, 2.05) is 6.92 Å². The molecule has 35 heavy (non-hydrogen) atoms. The second-order valence-corrected chi connectivity index (χ2v) is 8.52. The number of benzene rings is 1. The zero-order chi connectivity index (χ0) is 25.8. The molecule has 4 atom stereocenters. The van der Waals surface area contributed by atoms with E-state index >= 15 is 0 Å². The smallest absolute Gasteiger partial charge is 0.406 e. The fourth-order valence-electron chi connectivity index (χ4n) is 3.82. The molecule has 1 aliphatic rings. The van der Waals surface area contributed by atoms with Crippen LogP contribution in [0.2, 0.25) is 0 Å². The lowest BCUT2D eigenvalue weighted by molar-refractivity contribution is -0.274. The van der Waals surface area contributed by atoms with E-state index in [2.05, 4.69) is 20.0 Å². The molecule has 1 aromatic heterocycles. The van der Waals surface area contributed by atoms with Crippen LogP contribution in [0, 0.1) is 5.92 Å². The van der Waals surface area contributed by atoms with E-state index in [4.69, 9.17) is 16.3 Å². The third kappa shape index (κ3) is 6.17. The maximum absolute atomic E-state index is 14.2. The first-order valence-electron chi connectivity index (χ1n) is 10.6. The van der Waals surface area contributed by atoms with E-state index < -0.39 is 35.1 Å². The van der Waals surface area contributed by atoms with Crippen LogP contribution in [0.25, 0.3) is 0 Å². The molecule has 3 rings (SSSR count). The van der Waals surface area contributed by atoms with Crippen LogP contribution in [0.15, 0.2) is 43.0 Å². The van der Waals surface area contributed by atoms with Gasteiger partial charge in [0.1, 0.15) is 12.1 Å². The maximum atomic E-state index is 14.2.